The molecule has 0 spiro atoms. The van der Waals surface area contributed by atoms with E-state index in [0.29, 0.717) is 11.8 Å². The van der Waals surface area contributed by atoms with E-state index >= 15 is 0 Å². The van der Waals surface area contributed by atoms with Crippen LogP contribution in [-0.2, 0) is 0 Å². The van der Waals surface area contributed by atoms with Crippen molar-refractivity contribution in [2.24, 2.45) is 5.92 Å². The molecule has 1 saturated heterocycles. The minimum atomic E-state index is 0.223. The van der Waals surface area contributed by atoms with Gasteiger partial charge in [-0.25, -0.2) is 0 Å². The largest absolute Gasteiger partial charge is 0.504 e. The van der Waals surface area contributed by atoms with E-state index in [0.717, 1.165) is 32.1 Å². The number of methoxy groups -OCH3 is 1. The predicted octanol–water partition coefficient (Wildman–Crippen LogP) is 1.76. The molecule has 0 amide bonds. The Labute approximate surface area is 114 Å². The van der Waals surface area contributed by atoms with Gasteiger partial charge in [0.15, 0.2) is 11.5 Å². The molecule has 1 aromatic rings. The van der Waals surface area contributed by atoms with E-state index in [4.69, 9.17) is 4.74 Å². The minimum Gasteiger partial charge on any atom is -0.504 e. The second kappa shape index (κ2) is 5.39. The molecule has 4 heteroatoms. The molecule has 1 aliphatic heterocycles. The summed E-state index contributed by atoms with van der Waals surface area (Å²) in [5.41, 5.74) is 1.28. The fraction of sp³-hybridized carbons (Fsp3) is 0.600. The van der Waals surface area contributed by atoms with Crippen LogP contribution in [-0.4, -0.2) is 43.3 Å². The number of ether oxygens (including phenoxy) is 1. The van der Waals surface area contributed by atoms with Crippen LogP contribution >= 0.6 is 0 Å². The summed E-state index contributed by atoms with van der Waals surface area (Å²) < 4.78 is 5.24. The highest BCUT2D eigenvalue weighted by Gasteiger charge is 2.36. The lowest BCUT2D eigenvalue weighted by molar-refractivity contribution is 0.156. The number of hydrogen-bond acceptors (Lipinski definition) is 4. The van der Waals surface area contributed by atoms with Gasteiger partial charge in [-0.2, -0.15) is 0 Å². The molecule has 19 heavy (non-hydrogen) atoms. The number of piperazine rings is 1. The van der Waals surface area contributed by atoms with Gasteiger partial charge in [-0.15, -0.1) is 0 Å². The van der Waals surface area contributed by atoms with Gasteiger partial charge in [0, 0.05) is 32.2 Å². The Morgan fingerprint density at radius 1 is 1.32 bits per heavy atom. The van der Waals surface area contributed by atoms with Crippen molar-refractivity contribution in [2.45, 2.75) is 18.9 Å². The Balaban J connectivity index is 1.86. The van der Waals surface area contributed by atoms with E-state index < -0.39 is 0 Å². The summed E-state index contributed by atoms with van der Waals surface area (Å²) in [6.07, 6.45) is 2.63. The van der Waals surface area contributed by atoms with Crippen molar-refractivity contribution in [3.63, 3.8) is 0 Å². The maximum atomic E-state index is 9.73. The van der Waals surface area contributed by atoms with Gasteiger partial charge in [-0.1, -0.05) is 6.07 Å². The standard InChI is InChI=1S/C15H22N2O2/c1-19-14-10-12(4-5-13(14)18)15(11-2-3-11)17-8-6-16-7-9-17/h4-5,10-11,15-16,18H,2-3,6-9H2,1H3/t15-/m1/s1. The summed E-state index contributed by atoms with van der Waals surface area (Å²) in [5.74, 6) is 1.58. The molecule has 1 heterocycles. The Morgan fingerprint density at radius 3 is 2.68 bits per heavy atom. The van der Waals surface area contributed by atoms with E-state index in [1.165, 1.54) is 18.4 Å². The summed E-state index contributed by atoms with van der Waals surface area (Å²) in [7, 11) is 1.61. The summed E-state index contributed by atoms with van der Waals surface area (Å²) in [5, 5.41) is 13.1. The predicted molar refractivity (Wildman–Crippen MR) is 74.6 cm³/mol. The first-order chi connectivity index (χ1) is 9.29. The average molecular weight is 262 g/mol. The average Bonchev–Trinajstić information content (AvgIpc) is 3.27. The van der Waals surface area contributed by atoms with Crippen LogP contribution in [0.3, 0.4) is 0 Å². The molecule has 0 radical (unpaired) electrons. The summed E-state index contributed by atoms with van der Waals surface area (Å²) in [6, 6.07) is 6.28. The maximum absolute atomic E-state index is 9.73. The Kier molecular flexibility index (Phi) is 3.62. The third kappa shape index (κ3) is 2.69. The molecule has 2 aliphatic rings. The van der Waals surface area contributed by atoms with Crippen molar-refractivity contribution in [2.75, 3.05) is 33.3 Å². The van der Waals surface area contributed by atoms with Crippen LogP contribution in [0.25, 0.3) is 0 Å². The molecule has 1 atom stereocenters. The van der Waals surface area contributed by atoms with Gasteiger partial charge < -0.3 is 15.2 Å². The monoisotopic (exact) mass is 262 g/mol. The maximum Gasteiger partial charge on any atom is 0.160 e. The van der Waals surface area contributed by atoms with Gasteiger partial charge in [0.05, 0.1) is 7.11 Å². The van der Waals surface area contributed by atoms with Gasteiger partial charge in [0.2, 0.25) is 0 Å². The van der Waals surface area contributed by atoms with Gasteiger partial charge in [0.25, 0.3) is 0 Å². The molecule has 2 N–H and O–H groups in total. The topological polar surface area (TPSA) is 44.7 Å². The normalized spacial score (nSPS) is 22.2. The first kappa shape index (κ1) is 12.8. The number of nitrogens with zero attached hydrogens (tertiary/aromatic N) is 1. The molecule has 3 rings (SSSR count). The second-order valence-electron chi connectivity index (χ2n) is 5.50. The van der Waals surface area contributed by atoms with E-state index in [1.807, 2.05) is 12.1 Å². The minimum absolute atomic E-state index is 0.223. The lowest BCUT2D eigenvalue weighted by atomic mass is 9.99. The quantitative estimate of drug-likeness (QED) is 0.868. The van der Waals surface area contributed by atoms with Crippen molar-refractivity contribution in [1.82, 2.24) is 10.2 Å². The van der Waals surface area contributed by atoms with Crippen LogP contribution in [0.2, 0.25) is 0 Å². The van der Waals surface area contributed by atoms with Gasteiger partial charge >= 0.3 is 0 Å². The number of hydrogen-bond donors (Lipinski definition) is 2. The van der Waals surface area contributed by atoms with Crippen molar-refractivity contribution >= 4 is 0 Å². The summed E-state index contributed by atoms with van der Waals surface area (Å²) in [6.45, 7) is 4.34. The molecule has 1 saturated carbocycles. The van der Waals surface area contributed by atoms with Crippen molar-refractivity contribution in [3.05, 3.63) is 23.8 Å². The third-order valence-corrected chi connectivity index (χ3v) is 4.16. The molecule has 1 aromatic carbocycles. The number of phenolic OH excluding ortho intramolecular Hbond substituents is 1. The van der Waals surface area contributed by atoms with Crippen LogP contribution in [0.4, 0.5) is 0 Å². The van der Waals surface area contributed by atoms with E-state index in [1.54, 1.807) is 13.2 Å². The smallest absolute Gasteiger partial charge is 0.160 e. The van der Waals surface area contributed by atoms with Crippen LogP contribution in [0.5, 0.6) is 11.5 Å². The Morgan fingerprint density at radius 2 is 2.05 bits per heavy atom. The molecule has 4 nitrogen and oxygen atoms in total. The van der Waals surface area contributed by atoms with Gasteiger partial charge in [0.1, 0.15) is 0 Å². The van der Waals surface area contributed by atoms with Crippen molar-refractivity contribution < 1.29 is 9.84 Å². The van der Waals surface area contributed by atoms with Crippen LogP contribution in [0.15, 0.2) is 18.2 Å². The number of nitrogens with one attached hydrogen (secondary N) is 1. The highest BCUT2D eigenvalue weighted by atomic mass is 16.5. The number of aromatic hydroxyl groups is 1. The van der Waals surface area contributed by atoms with Crippen LogP contribution in [0, 0.1) is 5.92 Å². The summed E-state index contributed by atoms with van der Waals surface area (Å²) in [4.78, 5) is 2.57. The molecule has 0 bridgehead atoms. The van der Waals surface area contributed by atoms with E-state index in [2.05, 4.69) is 10.2 Å². The summed E-state index contributed by atoms with van der Waals surface area (Å²) >= 11 is 0. The lowest BCUT2D eigenvalue weighted by Crippen LogP contribution is -2.45. The van der Waals surface area contributed by atoms with Crippen LogP contribution in [0.1, 0.15) is 24.4 Å². The number of phenols is 1. The highest BCUT2D eigenvalue weighted by Crippen LogP contribution is 2.45. The Bertz CT molecular complexity index is 440. The zero-order chi connectivity index (χ0) is 13.2. The van der Waals surface area contributed by atoms with Crippen LogP contribution < -0.4 is 10.1 Å². The molecule has 104 valence electrons. The van der Waals surface area contributed by atoms with Crippen molar-refractivity contribution in [3.8, 4) is 11.5 Å². The number of benzene rings is 1. The highest BCUT2D eigenvalue weighted by molar-refractivity contribution is 5.43. The Hall–Kier alpha value is -1.26. The molecule has 0 aromatic heterocycles. The van der Waals surface area contributed by atoms with Gasteiger partial charge in [-0.3, -0.25) is 4.90 Å². The zero-order valence-corrected chi connectivity index (χ0v) is 11.4. The van der Waals surface area contributed by atoms with E-state index in [-0.39, 0.29) is 5.75 Å². The first-order valence-electron chi connectivity index (χ1n) is 7.11. The van der Waals surface area contributed by atoms with Crippen molar-refractivity contribution in [1.29, 1.82) is 0 Å². The third-order valence-electron chi connectivity index (χ3n) is 4.16. The van der Waals surface area contributed by atoms with Gasteiger partial charge in [-0.05, 0) is 36.5 Å². The second-order valence-corrected chi connectivity index (χ2v) is 5.50. The molecule has 0 unspecified atom stereocenters. The molecular formula is C15H22N2O2. The lowest BCUT2D eigenvalue weighted by Gasteiger charge is -2.35. The zero-order valence-electron chi connectivity index (χ0n) is 11.4. The molecule has 1 aliphatic carbocycles. The molecular weight excluding hydrogens is 240 g/mol. The van der Waals surface area contributed by atoms with E-state index in [9.17, 15) is 5.11 Å². The fourth-order valence-electron chi connectivity index (χ4n) is 3.03. The SMILES string of the molecule is COc1cc([C@@H](C2CC2)N2CCNCC2)ccc1O. The molecule has 2 fully saturated rings. The first-order valence-corrected chi connectivity index (χ1v) is 7.11. The fourth-order valence-corrected chi connectivity index (χ4v) is 3.03. The number of rotatable bonds is 4.